The fourth-order valence-corrected chi connectivity index (χ4v) is 2.64. The van der Waals surface area contributed by atoms with Crippen molar-refractivity contribution in [3.63, 3.8) is 0 Å². The first-order chi connectivity index (χ1) is 11.6. The van der Waals surface area contributed by atoms with Gasteiger partial charge >= 0.3 is 5.97 Å². The van der Waals surface area contributed by atoms with Gasteiger partial charge in [0.25, 0.3) is 0 Å². The lowest BCUT2D eigenvalue weighted by Gasteiger charge is -1.94. The predicted molar refractivity (Wildman–Crippen MR) is 120 cm³/mol. The van der Waals surface area contributed by atoms with Gasteiger partial charge in [0.2, 0.25) is 0 Å². The Morgan fingerprint density at radius 2 is 1.67 bits per heavy atom. The number of hydrogen-bond acceptors (Lipinski definition) is 1. The minimum atomic E-state index is -0.727. The Kier molecular flexibility index (Phi) is 16.5. The standard InChI is InChI=1S/C20H24I2O2/c1-2-3-8-13-18(21)14-9-6-4-5-7-10-15-19(22)16-11-12-17-20(23)24/h2-3,7-8,10,14,16H,1,5,9,11-13,15,17H2,(H,23,24)/b8-3+,10-7-,18-14+,19-16+. The zero-order valence-electron chi connectivity index (χ0n) is 13.8. The van der Waals surface area contributed by atoms with E-state index < -0.39 is 5.97 Å². The van der Waals surface area contributed by atoms with Crippen molar-refractivity contribution in [3.8, 4) is 11.8 Å². The number of hydrogen-bond donors (Lipinski definition) is 1. The van der Waals surface area contributed by atoms with E-state index in [9.17, 15) is 4.79 Å². The minimum absolute atomic E-state index is 0.240. The van der Waals surface area contributed by atoms with Crippen LogP contribution in [0.15, 0.2) is 56.3 Å². The van der Waals surface area contributed by atoms with E-state index in [1.807, 2.05) is 6.08 Å². The average molecular weight is 550 g/mol. The lowest BCUT2D eigenvalue weighted by atomic mass is 10.2. The van der Waals surface area contributed by atoms with Crippen molar-refractivity contribution < 1.29 is 9.90 Å². The molecule has 0 saturated carbocycles. The summed E-state index contributed by atoms with van der Waals surface area (Å²) in [6.07, 6.45) is 19.4. The number of aliphatic carboxylic acids is 1. The molecule has 0 aromatic carbocycles. The highest BCUT2D eigenvalue weighted by Crippen LogP contribution is 2.14. The molecule has 0 bridgehead atoms. The van der Waals surface area contributed by atoms with E-state index in [2.05, 4.69) is 94.0 Å². The van der Waals surface area contributed by atoms with Crippen molar-refractivity contribution >= 4 is 51.2 Å². The Morgan fingerprint density at radius 1 is 1.00 bits per heavy atom. The molecule has 0 atom stereocenters. The summed E-state index contributed by atoms with van der Waals surface area (Å²) in [6, 6.07) is 0. The normalized spacial score (nSPS) is 12.4. The predicted octanol–water partition coefficient (Wildman–Crippen LogP) is 6.74. The highest BCUT2D eigenvalue weighted by atomic mass is 127. The maximum absolute atomic E-state index is 10.4. The molecule has 24 heavy (non-hydrogen) atoms. The van der Waals surface area contributed by atoms with E-state index in [-0.39, 0.29) is 6.42 Å². The monoisotopic (exact) mass is 550 g/mol. The third-order valence-corrected chi connectivity index (χ3v) is 4.56. The van der Waals surface area contributed by atoms with Crippen molar-refractivity contribution in [2.24, 2.45) is 0 Å². The van der Waals surface area contributed by atoms with Gasteiger partial charge in [-0.15, -0.1) is 0 Å². The first-order valence-electron chi connectivity index (χ1n) is 7.85. The molecule has 4 heteroatoms. The Labute approximate surface area is 173 Å². The third kappa shape index (κ3) is 17.5. The second-order valence-corrected chi connectivity index (χ2v) is 7.66. The van der Waals surface area contributed by atoms with Crippen LogP contribution in [0.5, 0.6) is 0 Å². The molecule has 0 aliphatic rings. The molecule has 1 N–H and O–H groups in total. The number of carboxylic acids is 1. The quantitative estimate of drug-likeness (QED) is 0.102. The van der Waals surface area contributed by atoms with Crippen LogP contribution in [0.2, 0.25) is 0 Å². The second-order valence-electron chi connectivity index (χ2n) is 4.89. The SMILES string of the molecule is C=C/C=C/C/C(I)=C\CC#CC/C=C\C/C(I)=C\CCCC(=O)O. The highest BCUT2D eigenvalue weighted by Gasteiger charge is 1.94. The largest absolute Gasteiger partial charge is 0.481 e. The molecule has 0 amide bonds. The molecule has 0 rings (SSSR count). The van der Waals surface area contributed by atoms with E-state index in [0.29, 0.717) is 6.42 Å². The maximum atomic E-state index is 10.4. The summed E-state index contributed by atoms with van der Waals surface area (Å²) in [5.41, 5.74) is 0. The van der Waals surface area contributed by atoms with Gasteiger partial charge in [-0.25, -0.2) is 0 Å². The van der Waals surface area contributed by atoms with Crippen LogP contribution in [0.1, 0.15) is 44.9 Å². The topological polar surface area (TPSA) is 37.3 Å². The molecule has 0 unspecified atom stereocenters. The molecule has 2 nitrogen and oxygen atoms in total. The van der Waals surface area contributed by atoms with Crippen LogP contribution in [-0.2, 0) is 4.79 Å². The van der Waals surface area contributed by atoms with Crippen molar-refractivity contribution in [2.45, 2.75) is 44.9 Å². The van der Waals surface area contributed by atoms with E-state index in [1.54, 1.807) is 6.08 Å². The molecular weight excluding hydrogens is 526 g/mol. The van der Waals surface area contributed by atoms with Gasteiger partial charge in [-0.1, -0.05) is 61.0 Å². The zero-order valence-corrected chi connectivity index (χ0v) is 18.1. The van der Waals surface area contributed by atoms with Gasteiger partial charge in [0.1, 0.15) is 0 Å². The molecular formula is C20H24I2O2. The van der Waals surface area contributed by atoms with Gasteiger partial charge in [-0.3, -0.25) is 4.79 Å². The molecule has 0 spiro atoms. The number of allylic oxidation sites excluding steroid dienone is 9. The molecule has 0 heterocycles. The molecule has 0 aliphatic carbocycles. The van der Waals surface area contributed by atoms with E-state index in [0.717, 1.165) is 32.1 Å². The maximum Gasteiger partial charge on any atom is 0.303 e. The number of halogens is 2. The number of rotatable bonds is 11. The van der Waals surface area contributed by atoms with Crippen LogP contribution < -0.4 is 0 Å². The summed E-state index contributed by atoms with van der Waals surface area (Å²) in [4.78, 5) is 10.4. The van der Waals surface area contributed by atoms with Crippen LogP contribution in [0.25, 0.3) is 0 Å². The van der Waals surface area contributed by atoms with Gasteiger partial charge in [0, 0.05) is 19.3 Å². The van der Waals surface area contributed by atoms with Crippen LogP contribution in [0, 0.1) is 11.8 Å². The van der Waals surface area contributed by atoms with Crippen LogP contribution in [0.4, 0.5) is 0 Å². The first kappa shape index (κ1) is 23.2. The number of unbranched alkanes of at least 4 members (excludes halogenated alkanes) is 1. The molecule has 130 valence electrons. The van der Waals surface area contributed by atoms with Gasteiger partial charge < -0.3 is 5.11 Å². The lowest BCUT2D eigenvalue weighted by molar-refractivity contribution is -0.137. The summed E-state index contributed by atoms with van der Waals surface area (Å²) in [6.45, 7) is 3.64. The molecule has 0 aromatic rings. The highest BCUT2D eigenvalue weighted by molar-refractivity contribution is 14.1. The molecule has 0 radical (unpaired) electrons. The summed E-state index contributed by atoms with van der Waals surface area (Å²) in [5.74, 6) is 5.56. The zero-order chi connectivity index (χ0) is 18.0. The van der Waals surface area contributed by atoms with E-state index in [1.165, 1.54) is 7.16 Å². The van der Waals surface area contributed by atoms with Crippen molar-refractivity contribution in [2.75, 3.05) is 0 Å². The van der Waals surface area contributed by atoms with E-state index >= 15 is 0 Å². The third-order valence-electron chi connectivity index (χ3n) is 2.80. The van der Waals surface area contributed by atoms with Crippen molar-refractivity contribution in [3.05, 3.63) is 56.3 Å². The van der Waals surface area contributed by atoms with Gasteiger partial charge in [0.05, 0.1) is 0 Å². The van der Waals surface area contributed by atoms with E-state index in [4.69, 9.17) is 5.11 Å². The molecule has 0 aromatic heterocycles. The Balaban J connectivity index is 3.87. The Morgan fingerprint density at radius 3 is 2.38 bits per heavy atom. The fourth-order valence-electron chi connectivity index (χ4n) is 1.60. The minimum Gasteiger partial charge on any atom is -0.481 e. The van der Waals surface area contributed by atoms with Crippen LogP contribution >= 0.6 is 45.2 Å². The van der Waals surface area contributed by atoms with Crippen LogP contribution in [-0.4, -0.2) is 11.1 Å². The molecule has 0 saturated heterocycles. The van der Waals surface area contributed by atoms with Gasteiger partial charge in [0.15, 0.2) is 0 Å². The summed E-state index contributed by atoms with van der Waals surface area (Å²) >= 11 is 4.63. The second kappa shape index (κ2) is 17.0. The number of carbonyl (C=O) groups is 1. The van der Waals surface area contributed by atoms with Crippen molar-refractivity contribution in [1.82, 2.24) is 0 Å². The lowest BCUT2D eigenvalue weighted by Crippen LogP contribution is -1.92. The molecule has 0 aliphatic heterocycles. The summed E-state index contributed by atoms with van der Waals surface area (Å²) < 4.78 is 2.53. The fraction of sp³-hybridized carbons (Fsp3) is 0.350. The first-order valence-corrected chi connectivity index (χ1v) is 10.0. The van der Waals surface area contributed by atoms with Gasteiger partial charge in [-0.05, 0) is 78.0 Å². The van der Waals surface area contributed by atoms with Gasteiger partial charge in [-0.2, -0.15) is 0 Å². The van der Waals surface area contributed by atoms with Crippen molar-refractivity contribution in [1.29, 1.82) is 0 Å². The Bertz CT molecular complexity index is 558. The summed E-state index contributed by atoms with van der Waals surface area (Å²) in [5, 5.41) is 8.56. The smallest absolute Gasteiger partial charge is 0.303 e. The number of carboxylic acid groups (broad SMARTS) is 1. The average Bonchev–Trinajstić information content (AvgIpc) is 2.54. The molecule has 0 fully saturated rings. The summed E-state index contributed by atoms with van der Waals surface area (Å²) in [7, 11) is 0. The van der Waals surface area contributed by atoms with Crippen LogP contribution in [0.3, 0.4) is 0 Å². The Hall–Kier alpha value is -0.810.